The molecule has 1 aliphatic rings. The zero-order valence-corrected chi connectivity index (χ0v) is 13.9. The first-order valence-corrected chi connectivity index (χ1v) is 8.53. The largest absolute Gasteiger partial charge is 0.485 e. The van der Waals surface area contributed by atoms with Crippen LogP contribution in [-0.4, -0.2) is 26.6 Å². The molecule has 1 saturated heterocycles. The molecule has 2 aromatic heterocycles. The standard InChI is InChI=1S/C19H20N4O2/c1-2-7-15(8-3-1)24-14-18-21-19(25-22-18)13-23-12-6-10-17(23)16-9-4-5-11-20-16/h1-5,7-9,11,17H,6,10,12-14H2. The first-order chi connectivity index (χ1) is 12.4. The Bertz CT molecular complexity index is 791. The van der Waals surface area contributed by atoms with Crippen LogP contribution in [0.5, 0.6) is 5.75 Å². The topological polar surface area (TPSA) is 64.3 Å². The average molecular weight is 336 g/mol. The number of para-hydroxylation sites is 1. The molecule has 0 bridgehead atoms. The summed E-state index contributed by atoms with van der Waals surface area (Å²) in [6.07, 6.45) is 4.10. The molecule has 1 fully saturated rings. The van der Waals surface area contributed by atoms with E-state index in [2.05, 4.69) is 26.1 Å². The molecule has 3 aromatic rings. The second-order valence-electron chi connectivity index (χ2n) is 6.09. The quantitative estimate of drug-likeness (QED) is 0.687. The Morgan fingerprint density at radius 1 is 1.12 bits per heavy atom. The number of rotatable bonds is 6. The first kappa shape index (κ1) is 15.8. The van der Waals surface area contributed by atoms with Crippen molar-refractivity contribution >= 4 is 0 Å². The highest BCUT2D eigenvalue weighted by Gasteiger charge is 2.28. The normalized spacial score (nSPS) is 17.7. The van der Waals surface area contributed by atoms with E-state index in [1.54, 1.807) is 0 Å². The lowest BCUT2D eigenvalue weighted by molar-refractivity contribution is 0.209. The van der Waals surface area contributed by atoms with Crippen LogP contribution < -0.4 is 4.74 Å². The second kappa shape index (κ2) is 7.44. The van der Waals surface area contributed by atoms with Crippen molar-refractivity contribution in [2.24, 2.45) is 0 Å². The number of hydrogen-bond donors (Lipinski definition) is 0. The van der Waals surface area contributed by atoms with Gasteiger partial charge in [-0.25, -0.2) is 0 Å². The smallest absolute Gasteiger partial charge is 0.240 e. The molecule has 1 atom stereocenters. The third-order valence-electron chi connectivity index (χ3n) is 4.35. The van der Waals surface area contributed by atoms with Crippen LogP contribution in [-0.2, 0) is 13.2 Å². The number of aromatic nitrogens is 3. The van der Waals surface area contributed by atoms with E-state index < -0.39 is 0 Å². The maximum absolute atomic E-state index is 5.66. The van der Waals surface area contributed by atoms with Crippen LogP contribution >= 0.6 is 0 Å². The Morgan fingerprint density at radius 3 is 2.84 bits per heavy atom. The molecular formula is C19H20N4O2. The van der Waals surface area contributed by atoms with E-state index in [4.69, 9.17) is 9.26 Å². The first-order valence-electron chi connectivity index (χ1n) is 8.53. The summed E-state index contributed by atoms with van der Waals surface area (Å²) in [5.74, 6) is 1.98. The molecule has 25 heavy (non-hydrogen) atoms. The van der Waals surface area contributed by atoms with Crippen molar-refractivity contribution in [3.63, 3.8) is 0 Å². The molecule has 1 unspecified atom stereocenters. The van der Waals surface area contributed by atoms with Crippen LogP contribution in [0.25, 0.3) is 0 Å². The van der Waals surface area contributed by atoms with Crippen molar-refractivity contribution in [3.8, 4) is 5.75 Å². The monoisotopic (exact) mass is 336 g/mol. The number of benzene rings is 1. The lowest BCUT2D eigenvalue weighted by Gasteiger charge is -2.21. The summed E-state index contributed by atoms with van der Waals surface area (Å²) in [7, 11) is 0. The van der Waals surface area contributed by atoms with Crippen LogP contribution in [0.4, 0.5) is 0 Å². The fourth-order valence-corrected chi connectivity index (χ4v) is 3.17. The SMILES string of the molecule is c1ccc(OCc2noc(CN3CCCC3c3ccccn3)n2)cc1. The molecule has 0 N–H and O–H groups in total. The number of pyridine rings is 1. The third-order valence-corrected chi connectivity index (χ3v) is 4.35. The molecule has 0 saturated carbocycles. The molecule has 0 amide bonds. The summed E-state index contributed by atoms with van der Waals surface area (Å²) in [4.78, 5) is 11.3. The van der Waals surface area contributed by atoms with Gasteiger partial charge in [-0.2, -0.15) is 4.98 Å². The Balaban J connectivity index is 1.37. The predicted molar refractivity (Wildman–Crippen MR) is 91.7 cm³/mol. The summed E-state index contributed by atoms with van der Waals surface area (Å²) in [5, 5.41) is 4.02. The highest BCUT2D eigenvalue weighted by atomic mass is 16.5. The molecule has 0 aliphatic carbocycles. The van der Waals surface area contributed by atoms with Gasteiger partial charge in [-0.3, -0.25) is 9.88 Å². The van der Waals surface area contributed by atoms with E-state index in [0.717, 1.165) is 30.8 Å². The molecule has 128 valence electrons. The minimum absolute atomic E-state index is 0.303. The van der Waals surface area contributed by atoms with E-state index >= 15 is 0 Å². The van der Waals surface area contributed by atoms with Gasteiger partial charge in [0.2, 0.25) is 11.7 Å². The third kappa shape index (κ3) is 3.85. The fraction of sp³-hybridized carbons (Fsp3) is 0.316. The van der Waals surface area contributed by atoms with Crippen LogP contribution in [0.2, 0.25) is 0 Å². The van der Waals surface area contributed by atoms with Crippen molar-refractivity contribution in [2.75, 3.05) is 6.54 Å². The van der Waals surface area contributed by atoms with Crippen LogP contribution in [0.3, 0.4) is 0 Å². The highest BCUT2D eigenvalue weighted by molar-refractivity contribution is 5.21. The Labute approximate surface area is 146 Å². The molecule has 6 nitrogen and oxygen atoms in total. The maximum Gasteiger partial charge on any atom is 0.240 e. The molecule has 0 spiro atoms. The van der Waals surface area contributed by atoms with Gasteiger partial charge in [-0.1, -0.05) is 29.4 Å². The summed E-state index contributed by atoms with van der Waals surface area (Å²) in [5.41, 5.74) is 1.10. The Morgan fingerprint density at radius 2 is 2.00 bits per heavy atom. The minimum atomic E-state index is 0.303. The maximum atomic E-state index is 5.66. The van der Waals surface area contributed by atoms with Crippen molar-refractivity contribution in [3.05, 3.63) is 72.1 Å². The minimum Gasteiger partial charge on any atom is -0.485 e. The van der Waals surface area contributed by atoms with Crippen LogP contribution in [0.15, 0.2) is 59.3 Å². The molecule has 1 aromatic carbocycles. The molecular weight excluding hydrogens is 316 g/mol. The van der Waals surface area contributed by atoms with Gasteiger partial charge < -0.3 is 9.26 Å². The molecule has 4 rings (SSSR count). The van der Waals surface area contributed by atoms with Gasteiger partial charge in [0.05, 0.1) is 18.3 Å². The number of hydrogen-bond acceptors (Lipinski definition) is 6. The number of ether oxygens (including phenoxy) is 1. The van der Waals surface area contributed by atoms with Gasteiger partial charge in [-0.15, -0.1) is 0 Å². The van der Waals surface area contributed by atoms with Gasteiger partial charge in [0, 0.05) is 6.20 Å². The Kier molecular flexibility index (Phi) is 4.70. The van der Waals surface area contributed by atoms with E-state index in [1.807, 2.05) is 48.7 Å². The van der Waals surface area contributed by atoms with Gasteiger partial charge in [0.15, 0.2) is 6.61 Å². The van der Waals surface area contributed by atoms with Gasteiger partial charge in [-0.05, 0) is 43.7 Å². The summed E-state index contributed by atoms with van der Waals surface area (Å²) < 4.78 is 11.1. The number of nitrogens with zero attached hydrogens (tertiary/aromatic N) is 4. The number of likely N-dealkylation sites (tertiary alicyclic amines) is 1. The van der Waals surface area contributed by atoms with Crippen molar-refractivity contribution in [1.29, 1.82) is 0 Å². The Hall–Kier alpha value is -2.73. The molecule has 1 aliphatic heterocycles. The zero-order valence-electron chi connectivity index (χ0n) is 13.9. The fourth-order valence-electron chi connectivity index (χ4n) is 3.17. The van der Waals surface area contributed by atoms with E-state index in [-0.39, 0.29) is 0 Å². The lowest BCUT2D eigenvalue weighted by Crippen LogP contribution is -2.23. The summed E-state index contributed by atoms with van der Waals surface area (Å²) in [6, 6.07) is 16.0. The van der Waals surface area contributed by atoms with Gasteiger partial charge in [0.1, 0.15) is 5.75 Å². The van der Waals surface area contributed by atoms with Crippen LogP contribution in [0, 0.1) is 0 Å². The van der Waals surface area contributed by atoms with E-state index in [1.165, 1.54) is 0 Å². The average Bonchev–Trinajstić information content (AvgIpc) is 3.31. The van der Waals surface area contributed by atoms with E-state index in [0.29, 0.717) is 30.9 Å². The molecule has 3 heterocycles. The molecule has 6 heteroatoms. The van der Waals surface area contributed by atoms with Gasteiger partial charge >= 0.3 is 0 Å². The predicted octanol–water partition coefficient (Wildman–Crippen LogP) is 3.38. The van der Waals surface area contributed by atoms with Crippen LogP contribution in [0.1, 0.15) is 36.3 Å². The lowest BCUT2D eigenvalue weighted by atomic mass is 10.1. The zero-order chi connectivity index (χ0) is 16.9. The highest BCUT2D eigenvalue weighted by Crippen LogP contribution is 2.31. The van der Waals surface area contributed by atoms with Crippen molar-refractivity contribution < 1.29 is 9.26 Å². The summed E-state index contributed by atoms with van der Waals surface area (Å²) in [6.45, 7) is 1.95. The van der Waals surface area contributed by atoms with Crippen molar-refractivity contribution in [2.45, 2.75) is 32.0 Å². The summed E-state index contributed by atoms with van der Waals surface area (Å²) >= 11 is 0. The second-order valence-corrected chi connectivity index (χ2v) is 6.09. The van der Waals surface area contributed by atoms with Crippen molar-refractivity contribution in [1.82, 2.24) is 20.0 Å². The van der Waals surface area contributed by atoms with E-state index in [9.17, 15) is 0 Å². The van der Waals surface area contributed by atoms with Gasteiger partial charge in [0.25, 0.3) is 0 Å². The molecule has 0 radical (unpaired) electrons.